The molecule has 1 heterocycles. The lowest BCUT2D eigenvalue weighted by Gasteiger charge is -2.18. The highest BCUT2D eigenvalue weighted by Gasteiger charge is 2.19. The molecular formula is C49H32N2. The Hall–Kier alpha value is -6.77. The maximum atomic E-state index is 5.23. The number of nitrogens with zero attached hydrogens (tertiary/aromatic N) is 2. The first-order valence-corrected chi connectivity index (χ1v) is 17.5. The van der Waals surface area contributed by atoms with Gasteiger partial charge in [-0.05, 0) is 96.0 Å². The Kier molecular flexibility index (Phi) is 6.85. The molecule has 0 unspecified atom stereocenters. The van der Waals surface area contributed by atoms with E-state index in [-0.39, 0.29) is 0 Å². The van der Waals surface area contributed by atoms with Crippen molar-refractivity contribution in [2.45, 2.75) is 0 Å². The maximum absolute atomic E-state index is 5.23. The molecule has 0 aliphatic rings. The normalized spacial score (nSPS) is 11.5. The zero-order valence-corrected chi connectivity index (χ0v) is 27.9. The van der Waals surface area contributed by atoms with Gasteiger partial charge in [-0.25, -0.2) is 4.98 Å². The molecule has 9 aromatic carbocycles. The Morgan fingerprint density at radius 3 is 1.49 bits per heavy atom. The molecule has 0 bridgehead atoms. The summed E-state index contributed by atoms with van der Waals surface area (Å²) in [5.74, 6) is 0.930. The van der Waals surface area contributed by atoms with Gasteiger partial charge in [0.25, 0.3) is 0 Å². The van der Waals surface area contributed by atoms with Crippen LogP contribution in [0.5, 0.6) is 0 Å². The first kappa shape index (κ1) is 29.2. The molecule has 0 amide bonds. The lowest BCUT2D eigenvalue weighted by molar-refractivity contribution is 1.10. The molecule has 51 heavy (non-hydrogen) atoms. The first-order valence-electron chi connectivity index (χ1n) is 17.5. The van der Waals surface area contributed by atoms with Crippen LogP contribution in [-0.2, 0) is 0 Å². The van der Waals surface area contributed by atoms with Crippen LogP contribution in [0.25, 0.3) is 93.8 Å². The van der Waals surface area contributed by atoms with Crippen molar-refractivity contribution in [1.82, 2.24) is 9.55 Å². The molecule has 2 nitrogen and oxygen atoms in total. The van der Waals surface area contributed by atoms with Gasteiger partial charge in [0.2, 0.25) is 0 Å². The molecule has 0 aliphatic carbocycles. The van der Waals surface area contributed by atoms with Crippen LogP contribution in [0.2, 0.25) is 0 Å². The van der Waals surface area contributed by atoms with Gasteiger partial charge in [-0.1, -0.05) is 164 Å². The van der Waals surface area contributed by atoms with Crippen molar-refractivity contribution in [3.05, 3.63) is 194 Å². The Morgan fingerprint density at radius 2 is 0.843 bits per heavy atom. The van der Waals surface area contributed by atoms with E-state index in [0.29, 0.717) is 0 Å². The van der Waals surface area contributed by atoms with Gasteiger partial charge < -0.3 is 0 Å². The number of rotatable bonds is 5. The van der Waals surface area contributed by atoms with Gasteiger partial charge in [0.05, 0.1) is 11.0 Å². The highest BCUT2D eigenvalue weighted by Crippen LogP contribution is 2.44. The van der Waals surface area contributed by atoms with Gasteiger partial charge in [-0.15, -0.1) is 0 Å². The molecule has 0 saturated carbocycles. The lowest BCUT2D eigenvalue weighted by atomic mass is 9.85. The summed E-state index contributed by atoms with van der Waals surface area (Å²) in [5.41, 5.74) is 11.5. The average molecular weight is 649 g/mol. The van der Waals surface area contributed by atoms with E-state index in [1.54, 1.807) is 0 Å². The molecule has 0 spiro atoms. The molecule has 0 atom stereocenters. The molecule has 0 radical (unpaired) electrons. The van der Waals surface area contributed by atoms with Crippen LogP contribution in [0.3, 0.4) is 0 Å². The maximum Gasteiger partial charge on any atom is 0.145 e. The number of hydrogen-bond acceptors (Lipinski definition) is 1. The fraction of sp³-hybridized carbons (Fsp3) is 0. The SMILES string of the molecule is c1ccc(-c2ccc3c(c2)nc(-c2ccccc2)n3-c2ccc(-c3c4ccccc4c(-c4ccc5ccccc5c4)c4ccccc34)cc2)cc1. The van der Waals surface area contributed by atoms with Gasteiger partial charge in [0.15, 0.2) is 0 Å². The molecule has 0 fully saturated rings. The Balaban J connectivity index is 1.15. The second-order valence-corrected chi connectivity index (χ2v) is 13.2. The van der Waals surface area contributed by atoms with Crippen LogP contribution in [0.1, 0.15) is 0 Å². The van der Waals surface area contributed by atoms with Crippen molar-refractivity contribution in [2.75, 3.05) is 0 Å². The van der Waals surface area contributed by atoms with Crippen molar-refractivity contribution in [1.29, 1.82) is 0 Å². The Bertz CT molecular complexity index is 2830. The summed E-state index contributed by atoms with van der Waals surface area (Å²) in [6, 6.07) is 69.9. The molecule has 0 saturated heterocycles. The van der Waals surface area contributed by atoms with Crippen LogP contribution >= 0.6 is 0 Å². The molecule has 0 aliphatic heterocycles. The third-order valence-electron chi connectivity index (χ3n) is 10.2. The molecule has 10 aromatic rings. The van der Waals surface area contributed by atoms with Crippen molar-refractivity contribution in [2.24, 2.45) is 0 Å². The minimum absolute atomic E-state index is 0.930. The van der Waals surface area contributed by atoms with Crippen LogP contribution in [0.4, 0.5) is 0 Å². The smallest absolute Gasteiger partial charge is 0.145 e. The van der Waals surface area contributed by atoms with Gasteiger partial charge in [0.1, 0.15) is 5.82 Å². The lowest BCUT2D eigenvalue weighted by Crippen LogP contribution is -1.98. The van der Waals surface area contributed by atoms with E-state index in [1.807, 2.05) is 0 Å². The average Bonchev–Trinajstić information content (AvgIpc) is 3.59. The van der Waals surface area contributed by atoms with E-state index >= 15 is 0 Å². The monoisotopic (exact) mass is 648 g/mol. The summed E-state index contributed by atoms with van der Waals surface area (Å²) in [4.78, 5) is 5.23. The summed E-state index contributed by atoms with van der Waals surface area (Å²) < 4.78 is 2.29. The van der Waals surface area contributed by atoms with Gasteiger partial charge in [-0.3, -0.25) is 4.57 Å². The number of aromatic nitrogens is 2. The van der Waals surface area contributed by atoms with E-state index in [0.717, 1.165) is 33.7 Å². The summed E-state index contributed by atoms with van der Waals surface area (Å²) >= 11 is 0. The summed E-state index contributed by atoms with van der Waals surface area (Å²) in [5, 5.41) is 7.51. The third kappa shape index (κ3) is 4.92. The highest BCUT2D eigenvalue weighted by atomic mass is 15.1. The second kappa shape index (κ2) is 12.0. The van der Waals surface area contributed by atoms with E-state index in [4.69, 9.17) is 4.98 Å². The molecule has 2 heteroatoms. The topological polar surface area (TPSA) is 17.8 Å². The van der Waals surface area contributed by atoms with Crippen LogP contribution in [0, 0.1) is 0 Å². The zero-order chi connectivity index (χ0) is 33.7. The molecule has 238 valence electrons. The van der Waals surface area contributed by atoms with Crippen molar-refractivity contribution >= 4 is 43.4 Å². The van der Waals surface area contributed by atoms with Crippen LogP contribution in [-0.4, -0.2) is 9.55 Å². The Morgan fingerprint density at radius 1 is 0.333 bits per heavy atom. The summed E-state index contributed by atoms with van der Waals surface area (Å²) in [6.45, 7) is 0. The number of benzene rings is 9. The molecule has 10 rings (SSSR count). The van der Waals surface area contributed by atoms with Crippen molar-refractivity contribution in [3.8, 4) is 50.5 Å². The predicted molar refractivity (Wildman–Crippen MR) is 215 cm³/mol. The van der Waals surface area contributed by atoms with Crippen molar-refractivity contribution in [3.63, 3.8) is 0 Å². The van der Waals surface area contributed by atoms with Gasteiger partial charge in [-0.2, -0.15) is 0 Å². The minimum Gasteiger partial charge on any atom is -0.292 e. The van der Waals surface area contributed by atoms with E-state index in [9.17, 15) is 0 Å². The minimum atomic E-state index is 0.930. The molecular weight excluding hydrogens is 617 g/mol. The van der Waals surface area contributed by atoms with Crippen molar-refractivity contribution < 1.29 is 0 Å². The van der Waals surface area contributed by atoms with Gasteiger partial charge >= 0.3 is 0 Å². The second-order valence-electron chi connectivity index (χ2n) is 13.2. The number of fused-ring (bicyclic) bond motifs is 4. The quantitative estimate of drug-likeness (QED) is 0.170. The standard InChI is InChI=1S/C49H32N2/c1-3-13-33(14-4-1)38-27-30-46-45(32-38)50-49(36-16-5-2-6-17-36)51(46)40-28-25-35(26-29-40)47-41-19-9-11-21-43(41)48(44-22-12-10-20-42(44)47)39-24-23-34-15-7-8-18-37(34)31-39/h1-32H. The molecule has 1 aromatic heterocycles. The highest BCUT2D eigenvalue weighted by molar-refractivity contribution is 6.21. The summed E-state index contributed by atoms with van der Waals surface area (Å²) in [6.07, 6.45) is 0. The zero-order valence-electron chi connectivity index (χ0n) is 27.9. The van der Waals surface area contributed by atoms with E-state index in [1.165, 1.54) is 60.1 Å². The Labute approximate surface area is 296 Å². The van der Waals surface area contributed by atoms with E-state index in [2.05, 4.69) is 199 Å². The van der Waals surface area contributed by atoms with E-state index < -0.39 is 0 Å². The van der Waals surface area contributed by atoms with Crippen LogP contribution in [0.15, 0.2) is 194 Å². The molecule has 0 N–H and O–H groups in total. The number of hydrogen-bond donors (Lipinski definition) is 0. The van der Waals surface area contributed by atoms with Crippen LogP contribution < -0.4 is 0 Å². The first-order chi connectivity index (χ1) is 25.3. The number of imidazole rings is 1. The van der Waals surface area contributed by atoms with Gasteiger partial charge in [0, 0.05) is 11.3 Å². The largest absolute Gasteiger partial charge is 0.292 e. The summed E-state index contributed by atoms with van der Waals surface area (Å²) in [7, 11) is 0. The fourth-order valence-electron chi connectivity index (χ4n) is 7.81. The predicted octanol–water partition coefficient (Wildman–Crippen LogP) is 13.2. The third-order valence-corrected chi connectivity index (χ3v) is 10.2. The fourth-order valence-corrected chi connectivity index (χ4v) is 7.81.